The Labute approximate surface area is 98.2 Å². The van der Waals surface area contributed by atoms with Crippen LogP contribution in [0.4, 0.5) is 0 Å². The van der Waals surface area contributed by atoms with E-state index in [4.69, 9.17) is 5.11 Å². The van der Waals surface area contributed by atoms with Gasteiger partial charge in [0.05, 0.1) is 11.3 Å². The minimum atomic E-state index is -1.02. The van der Waals surface area contributed by atoms with Crippen molar-refractivity contribution >= 4 is 5.97 Å². The van der Waals surface area contributed by atoms with Crippen LogP contribution >= 0.6 is 0 Å². The molecule has 2 rings (SSSR count). The summed E-state index contributed by atoms with van der Waals surface area (Å²) >= 11 is 0. The fourth-order valence-corrected chi connectivity index (χ4v) is 1.51. The highest BCUT2D eigenvalue weighted by Gasteiger charge is 2.12. The van der Waals surface area contributed by atoms with Crippen LogP contribution in [0.15, 0.2) is 24.5 Å². The van der Waals surface area contributed by atoms with Crippen molar-refractivity contribution in [3.63, 3.8) is 0 Å². The molecule has 2 aromatic heterocycles. The number of aromatic nitrogens is 3. The van der Waals surface area contributed by atoms with Gasteiger partial charge in [-0.1, -0.05) is 6.07 Å². The first-order chi connectivity index (χ1) is 8.09. The molecule has 0 amide bonds. The summed E-state index contributed by atoms with van der Waals surface area (Å²) in [5.74, 6) is -0.572. The van der Waals surface area contributed by atoms with Gasteiger partial charge in [0.1, 0.15) is 5.69 Å². The van der Waals surface area contributed by atoms with Crippen LogP contribution < -0.4 is 0 Å². The fraction of sp³-hybridized carbons (Fsp3) is 0.167. The number of hydrogen-bond acceptors (Lipinski definition) is 4. The summed E-state index contributed by atoms with van der Waals surface area (Å²) in [7, 11) is 0. The second-order valence-electron chi connectivity index (χ2n) is 3.67. The van der Waals surface area contributed by atoms with E-state index in [2.05, 4.69) is 15.0 Å². The van der Waals surface area contributed by atoms with Gasteiger partial charge < -0.3 is 5.11 Å². The third kappa shape index (κ3) is 2.13. The highest BCUT2D eigenvalue weighted by molar-refractivity contribution is 5.88. The summed E-state index contributed by atoms with van der Waals surface area (Å²) in [6.07, 6.45) is 2.97. The van der Waals surface area contributed by atoms with Crippen LogP contribution in [0.1, 0.15) is 21.6 Å². The molecule has 2 heterocycles. The average Bonchev–Trinajstić information content (AvgIpc) is 2.29. The Kier molecular flexibility index (Phi) is 2.82. The number of hydrogen-bond donors (Lipinski definition) is 1. The van der Waals surface area contributed by atoms with E-state index in [0.717, 1.165) is 5.56 Å². The standard InChI is InChI=1S/C12H11N3O2/c1-7-4-3-5-13-10(7)11-14-6-9(12(16)17)8(2)15-11/h3-6H,1-2H3,(H,16,17). The molecule has 0 radical (unpaired) electrons. The first-order valence-electron chi connectivity index (χ1n) is 5.08. The van der Waals surface area contributed by atoms with Gasteiger partial charge in [0, 0.05) is 12.4 Å². The molecule has 0 unspecified atom stereocenters. The molecular weight excluding hydrogens is 218 g/mol. The SMILES string of the molecule is Cc1cccnc1-c1ncc(C(=O)O)c(C)n1. The smallest absolute Gasteiger partial charge is 0.339 e. The van der Waals surface area contributed by atoms with E-state index in [-0.39, 0.29) is 5.56 Å². The van der Waals surface area contributed by atoms with Gasteiger partial charge in [-0.25, -0.2) is 14.8 Å². The zero-order chi connectivity index (χ0) is 12.4. The van der Waals surface area contributed by atoms with Crippen LogP contribution in [-0.2, 0) is 0 Å². The van der Waals surface area contributed by atoms with E-state index in [1.807, 2.05) is 19.1 Å². The number of rotatable bonds is 2. The Morgan fingerprint density at radius 3 is 2.65 bits per heavy atom. The van der Waals surface area contributed by atoms with Crippen molar-refractivity contribution < 1.29 is 9.90 Å². The van der Waals surface area contributed by atoms with Gasteiger partial charge >= 0.3 is 5.97 Å². The molecule has 5 heteroatoms. The van der Waals surface area contributed by atoms with Crippen LogP contribution in [-0.4, -0.2) is 26.0 Å². The molecule has 0 atom stereocenters. The molecule has 86 valence electrons. The number of pyridine rings is 1. The van der Waals surface area contributed by atoms with Crippen LogP contribution in [0.3, 0.4) is 0 Å². The zero-order valence-corrected chi connectivity index (χ0v) is 9.51. The Morgan fingerprint density at radius 1 is 1.29 bits per heavy atom. The number of carboxylic acid groups (broad SMARTS) is 1. The molecule has 2 aromatic rings. The predicted molar refractivity (Wildman–Crippen MR) is 61.7 cm³/mol. The van der Waals surface area contributed by atoms with Crippen molar-refractivity contribution in [3.05, 3.63) is 41.3 Å². The zero-order valence-electron chi connectivity index (χ0n) is 9.51. The van der Waals surface area contributed by atoms with Gasteiger partial charge in [0.25, 0.3) is 0 Å². The van der Waals surface area contributed by atoms with Gasteiger partial charge in [-0.05, 0) is 25.5 Å². The largest absolute Gasteiger partial charge is 0.478 e. The molecule has 5 nitrogen and oxygen atoms in total. The molecular formula is C12H11N3O2. The molecule has 0 aromatic carbocycles. The summed E-state index contributed by atoms with van der Waals surface area (Å²) in [4.78, 5) is 23.2. The van der Waals surface area contributed by atoms with Crippen molar-refractivity contribution in [3.8, 4) is 11.5 Å². The lowest BCUT2D eigenvalue weighted by molar-refractivity contribution is 0.0695. The van der Waals surface area contributed by atoms with Crippen molar-refractivity contribution in [2.75, 3.05) is 0 Å². The summed E-state index contributed by atoms with van der Waals surface area (Å²) in [6.45, 7) is 3.55. The fourth-order valence-electron chi connectivity index (χ4n) is 1.51. The molecule has 0 fully saturated rings. The molecule has 0 aliphatic carbocycles. The molecule has 0 bridgehead atoms. The van der Waals surface area contributed by atoms with Gasteiger partial charge in [0.15, 0.2) is 5.82 Å². The molecule has 17 heavy (non-hydrogen) atoms. The number of carboxylic acids is 1. The summed E-state index contributed by atoms with van der Waals surface area (Å²) in [6, 6.07) is 3.74. The maximum Gasteiger partial charge on any atom is 0.339 e. The minimum absolute atomic E-state index is 0.113. The van der Waals surface area contributed by atoms with Crippen LogP contribution in [0, 0.1) is 13.8 Å². The number of aromatic carboxylic acids is 1. The highest BCUT2D eigenvalue weighted by atomic mass is 16.4. The van der Waals surface area contributed by atoms with E-state index >= 15 is 0 Å². The average molecular weight is 229 g/mol. The molecule has 0 saturated heterocycles. The summed E-state index contributed by atoms with van der Waals surface area (Å²) in [5, 5.41) is 8.89. The number of nitrogens with zero attached hydrogens (tertiary/aromatic N) is 3. The van der Waals surface area contributed by atoms with Crippen LogP contribution in [0.2, 0.25) is 0 Å². The van der Waals surface area contributed by atoms with Gasteiger partial charge in [-0.2, -0.15) is 0 Å². The van der Waals surface area contributed by atoms with Crippen molar-refractivity contribution in [2.45, 2.75) is 13.8 Å². The van der Waals surface area contributed by atoms with E-state index in [0.29, 0.717) is 17.2 Å². The summed E-state index contributed by atoms with van der Waals surface area (Å²) in [5.41, 5.74) is 2.18. The van der Waals surface area contributed by atoms with Gasteiger partial charge in [-0.15, -0.1) is 0 Å². The Morgan fingerprint density at radius 2 is 2.06 bits per heavy atom. The molecule has 0 spiro atoms. The second-order valence-corrected chi connectivity index (χ2v) is 3.67. The third-order valence-electron chi connectivity index (χ3n) is 2.43. The third-order valence-corrected chi connectivity index (χ3v) is 2.43. The lowest BCUT2D eigenvalue weighted by atomic mass is 10.2. The molecule has 1 N–H and O–H groups in total. The Balaban J connectivity index is 2.52. The maximum atomic E-state index is 10.8. The van der Waals surface area contributed by atoms with E-state index in [9.17, 15) is 4.79 Å². The quantitative estimate of drug-likeness (QED) is 0.850. The van der Waals surface area contributed by atoms with Crippen LogP contribution in [0.5, 0.6) is 0 Å². The molecule has 0 saturated carbocycles. The molecule has 0 aliphatic rings. The summed E-state index contributed by atoms with van der Waals surface area (Å²) < 4.78 is 0. The Hall–Kier alpha value is -2.30. The lowest BCUT2D eigenvalue weighted by Crippen LogP contribution is -2.05. The van der Waals surface area contributed by atoms with Crippen molar-refractivity contribution in [1.82, 2.24) is 15.0 Å². The van der Waals surface area contributed by atoms with Crippen LogP contribution in [0.25, 0.3) is 11.5 Å². The topological polar surface area (TPSA) is 76.0 Å². The van der Waals surface area contributed by atoms with Crippen molar-refractivity contribution in [1.29, 1.82) is 0 Å². The van der Waals surface area contributed by atoms with E-state index in [1.165, 1.54) is 6.20 Å². The first kappa shape index (κ1) is 11.2. The number of aryl methyl sites for hydroxylation is 2. The maximum absolute atomic E-state index is 10.8. The first-order valence-corrected chi connectivity index (χ1v) is 5.08. The van der Waals surface area contributed by atoms with Gasteiger partial charge in [0.2, 0.25) is 0 Å². The van der Waals surface area contributed by atoms with E-state index < -0.39 is 5.97 Å². The van der Waals surface area contributed by atoms with Crippen molar-refractivity contribution in [2.24, 2.45) is 0 Å². The van der Waals surface area contributed by atoms with Gasteiger partial charge in [-0.3, -0.25) is 4.98 Å². The number of carbonyl (C=O) groups is 1. The highest BCUT2D eigenvalue weighted by Crippen LogP contribution is 2.17. The lowest BCUT2D eigenvalue weighted by Gasteiger charge is -2.05. The second kappa shape index (κ2) is 4.29. The molecule has 0 aliphatic heterocycles. The predicted octanol–water partition coefficient (Wildman–Crippen LogP) is 1.85. The Bertz CT molecular complexity index is 582. The van der Waals surface area contributed by atoms with E-state index in [1.54, 1.807) is 13.1 Å². The monoisotopic (exact) mass is 229 g/mol. The minimum Gasteiger partial charge on any atom is -0.478 e. The normalized spacial score (nSPS) is 10.2.